The number of nitrogen functional groups attached to an aromatic ring is 1. The minimum Gasteiger partial charge on any atom is -0.382 e. The summed E-state index contributed by atoms with van der Waals surface area (Å²) < 4.78 is 0. The molecule has 1 aromatic heterocycles. The number of benzene rings is 1. The highest BCUT2D eigenvalue weighted by molar-refractivity contribution is 5.61. The van der Waals surface area contributed by atoms with Gasteiger partial charge in [0, 0.05) is 12.7 Å². The van der Waals surface area contributed by atoms with E-state index in [1.54, 1.807) is 6.20 Å². The van der Waals surface area contributed by atoms with E-state index in [9.17, 15) is 0 Å². The van der Waals surface area contributed by atoms with Crippen molar-refractivity contribution >= 4 is 11.5 Å². The summed E-state index contributed by atoms with van der Waals surface area (Å²) in [5.41, 5.74) is 9.17. The van der Waals surface area contributed by atoms with Crippen molar-refractivity contribution in [3.63, 3.8) is 0 Å². The molecule has 1 aromatic carbocycles. The smallest absolute Gasteiger partial charge is 0.146 e. The lowest BCUT2D eigenvalue weighted by Gasteiger charge is -2.09. The standard InChI is InChI=1S/C13H15N3/c1-10-5-2-3-6-11(10)9-16-12-7-4-8-15-13(12)14/h2-8,16H,9H2,1H3,(H2,14,15). The number of hydrogen-bond donors (Lipinski definition) is 2. The molecular formula is C13H15N3. The predicted octanol–water partition coefficient (Wildman–Crippen LogP) is 2.58. The largest absolute Gasteiger partial charge is 0.382 e. The number of nitrogens with one attached hydrogen (secondary N) is 1. The van der Waals surface area contributed by atoms with E-state index in [1.165, 1.54) is 11.1 Å². The molecule has 2 aromatic rings. The molecule has 0 unspecified atom stereocenters. The van der Waals surface area contributed by atoms with E-state index < -0.39 is 0 Å². The topological polar surface area (TPSA) is 50.9 Å². The van der Waals surface area contributed by atoms with Crippen LogP contribution in [0.2, 0.25) is 0 Å². The molecule has 3 N–H and O–H groups in total. The number of nitrogens with zero attached hydrogens (tertiary/aromatic N) is 1. The summed E-state index contributed by atoms with van der Waals surface area (Å²) in [7, 11) is 0. The van der Waals surface area contributed by atoms with E-state index in [-0.39, 0.29) is 0 Å². The van der Waals surface area contributed by atoms with Crippen LogP contribution in [0, 0.1) is 6.92 Å². The maximum atomic E-state index is 5.75. The van der Waals surface area contributed by atoms with Crippen molar-refractivity contribution in [2.75, 3.05) is 11.1 Å². The number of pyridine rings is 1. The SMILES string of the molecule is Cc1ccccc1CNc1cccnc1N. The van der Waals surface area contributed by atoms with Gasteiger partial charge < -0.3 is 11.1 Å². The minimum absolute atomic E-state index is 0.538. The Morgan fingerprint density at radius 3 is 2.75 bits per heavy atom. The number of nitrogens with two attached hydrogens (primary N) is 1. The maximum Gasteiger partial charge on any atom is 0.146 e. The Kier molecular flexibility index (Phi) is 3.05. The zero-order valence-electron chi connectivity index (χ0n) is 9.27. The maximum absolute atomic E-state index is 5.75. The third kappa shape index (κ3) is 2.31. The van der Waals surface area contributed by atoms with Gasteiger partial charge in [-0.3, -0.25) is 0 Å². The molecule has 0 bridgehead atoms. The Hall–Kier alpha value is -2.03. The van der Waals surface area contributed by atoms with Crippen LogP contribution in [-0.2, 0) is 6.54 Å². The first-order valence-electron chi connectivity index (χ1n) is 5.26. The van der Waals surface area contributed by atoms with Gasteiger partial charge in [0.05, 0.1) is 5.69 Å². The van der Waals surface area contributed by atoms with Gasteiger partial charge in [-0.2, -0.15) is 0 Å². The molecule has 0 aliphatic rings. The normalized spacial score (nSPS) is 10.1. The molecule has 0 saturated carbocycles. The monoisotopic (exact) mass is 213 g/mol. The van der Waals surface area contributed by atoms with Gasteiger partial charge in [0.2, 0.25) is 0 Å². The first-order valence-corrected chi connectivity index (χ1v) is 5.26. The van der Waals surface area contributed by atoms with Crippen LogP contribution in [0.3, 0.4) is 0 Å². The van der Waals surface area contributed by atoms with Crippen molar-refractivity contribution in [2.24, 2.45) is 0 Å². The van der Waals surface area contributed by atoms with E-state index in [0.717, 1.165) is 12.2 Å². The molecule has 0 aliphatic carbocycles. The molecule has 16 heavy (non-hydrogen) atoms. The fourth-order valence-corrected chi connectivity index (χ4v) is 1.57. The van der Waals surface area contributed by atoms with E-state index in [4.69, 9.17) is 5.73 Å². The van der Waals surface area contributed by atoms with Crippen LogP contribution in [0.15, 0.2) is 42.6 Å². The van der Waals surface area contributed by atoms with Gasteiger partial charge in [-0.1, -0.05) is 24.3 Å². The molecule has 3 heteroatoms. The van der Waals surface area contributed by atoms with E-state index >= 15 is 0 Å². The molecule has 3 nitrogen and oxygen atoms in total. The van der Waals surface area contributed by atoms with E-state index in [0.29, 0.717) is 5.82 Å². The van der Waals surface area contributed by atoms with Gasteiger partial charge in [0.1, 0.15) is 5.82 Å². The van der Waals surface area contributed by atoms with Crippen molar-refractivity contribution in [1.29, 1.82) is 0 Å². The predicted molar refractivity (Wildman–Crippen MR) is 67.2 cm³/mol. The van der Waals surface area contributed by atoms with Gasteiger partial charge in [0.15, 0.2) is 0 Å². The number of rotatable bonds is 3. The van der Waals surface area contributed by atoms with Crippen molar-refractivity contribution < 1.29 is 0 Å². The molecule has 82 valence electrons. The van der Waals surface area contributed by atoms with Crippen LogP contribution in [0.1, 0.15) is 11.1 Å². The Bertz CT molecular complexity index is 435. The van der Waals surface area contributed by atoms with Crippen LogP contribution in [-0.4, -0.2) is 4.98 Å². The van der Waals surface area contributed by atoms with Gasteiger partial charge in [-0.05, 0) is 30.2 Å². The lowest BCUT2D eigenvalue weighted by molar-refractivity contribution is 1.11. The molecule has 0 saturated heterocycles. The van der Waals surface area contributed by atoms with Gasteiger partial charge in [0.25, 0.3) is 0 Å². The summed E-state index contributed by atoms with van der Waals surface area (Å²) in [5.74, 6) is 0.538. The Balaban J connectivity index is 2.09. The fourth-order valence-electron chi connectivity index (χ4n) is 1.57. The molecule has 0 radical (unpaired) electrons. The zero-order chi connectivity index (χ0) is 11.4. The summed E-state index contributed by atoms with van der Waals surface area (Å²) >= 11 is 0. The van der Waals surface area contributed by atoms with Crippen molar-refractivity contribution in [2.45, 2.75) is 13.5 Å². The van der Waals surface area contributed by atoms with Crippen molar-refractivity contribution in [3.05, 3.63) is 53.7 Å². The molecule has 1 heterocycles. The Morgan fingerprint density at radius 2 is 2.00 bits per heavy atom. The van der Waals surface area contributed by atoms with Crippen molar-refractivity contribution in [1.82, 2.24) is 4.98 Å². The molecule has 2 rings (SSSR count). The minimum atomic E-state index is 0.538. The van der Waals surface area contributed by atoms with Gasteiger partial charge >= 0.3 is 0 Å². The molecular weight excluding hydrogens is 198 g/mol. The second-order valence-electron chi connectivity index (χ2n) is 3.72. The van der Waals surface area contributed by atoms with Crippen LogP contribution in [0.25, 0.3) is 0 Å². The first-order chi connectivity index (χ1) is 7.77. The third-order valence-electron chi connectivity index (χ3n) is 2.57. The van der Waals surface area contributed by atoms with Gasteiger partial charge in [-0.15, -0.1) is 0 Å². The highest BCUT2D eigenvalue weighted by Crippen LogP contribution is 2.16. The molecule has 0 spiro atoms. The van der Waals surface area contributed by atoms with E-state index in [1.807, 2.05) is 24.3 Å². The lowest BCUT2D eigenvalue weighted by Crippen LogP contribution is -2.04. The van der Waals surface area contributed by atoms with Gasteiger partial charge in [-0.25, -0.2) is 4.98 Å². The number of hydrogen-bond acceptors (Lipinski definition) is 3. The average Bonchev–Trinajstić information content (AvgIpc) is 2.30. The third-order valence-corrected chi connectivity index (χ3v) is 2.57. The summed E-state index contributed by atoms with van der Waals surface area (Å²) in [6.45, 7) is 2.87. The summed E-state index contributed by atoms with van der Waals surface area (Å²) in [6, 6.07) is 12.1. The number of anilines is 2. The van der Waals surface area contributed by atoms with Crippen LogP contribution in [0.5, 0.6) is 0 Å². The zero-order valence-corrected chi connectivity index (χ0v) is 9.27. The van der Waals surface area contributed by atoms with E-state index in [2.05, 4.69) is 29.4 Å². The summed E-state index contributed by atoms with van der Waals surface area (Å²) in [6.07, 6.45) is 1.69. The van der Waals surface area contributed by atoms with Crippen molar-refractivity contribution in [3.8, 4) is 0 Å². The highest BCUT2D eigenvalue weighted by Gasteiger charge is 2.00. The average molecular weight is 213 g/mol. The Labute approximate surface area is 95.3 Å². The Morgan fingerprint density at radius 1 is 1.19 bits per heavy atom. The molecule has 0 fully saturated rings. The fraction of sp³-hybridized carbons (Fsp3) is 0.154. The molecule has 0 aliphatic heterocycles. The number of aryl methyl sites for hydroxylation is 1. The van der Waals surface area contributed by atoms with Crippen LogP contribution >= 0.6 is 0 Å². The molecule has 0 amide bonds. The lowest BCUT2D eigenvalue weighted by atomic mass is 10.1. The second-order valence-corrected chi connectivity index (χ2v) is 3.72. The summed E-state index contributed by atoms with van der Waals surface area (Å²) in [5, 5.41) is 3.28. The first kappa shape index (κ1) is 10.5. The van der Waals surface area contributed by atoms with Crippen LogP contribution in [0.4, 0.5) is 11.5 Å². The molecule has 0 atom stereocenters. The second kappa shape index (κ2) is 4.66. The van der Waals surface area contributed by atoms with Crippen LogP contribution < -0.4 is 11.1 Å². The quantitative estimate of drug-likeness (QED) is 0.824. The highest BCUT2D eigenvalue weighted by atomic mass is 14.9. The number of aromatic nitrogens is 1. The summed E-state index contributed by atoms with van der Waals surface area (Å²) in [4.78, 5) is 4.03.